The normalized spacial score (nSPS) is 16.7. The molecule has 5 heteroatoms. The first kappa shape index (κ1) is 28.8. The summed E-state index contributed by atoms with van der Waals surface area (Å²) in [5.41, 5.74) is 11.2. The van der Waals surface area contributed by atoms with Crippen LogP contribution >= 0.6 is 11.6 Å². The van der Waals surface area contributed by atoms with Gasteiger partial charge in [-0.1, -0.05) is 63.2 Å². The highest BCUT2D eigenvalue weighted by Gasteiger charge is 2.26. The quantitative estimate of drug-likeness (QED) is 0.233. The van der Waals surface area contributed by atoms with Crippen molar-refractivity contribution in [2.45, 2.75) is 52.4 Å². The molecule has 204 valence electrons. The van der Waals surface area contributed by atoms with E-state index >= 15 is 0 Å². The molecule has 1 aliphatic rings. The van der Waals surface area contributed by atoms with E-state index in [1.165, 1.54) is 50.9 Å². The summed E-state index contributed by atoms with van der Waals surface area (Å²) in [5.74, 6) is 0.312. The molecule has 0 fully saturated rings. The average molecular weight is 544 g/mol. The summed E-state index contributed by atoms with van der Waals surface area (Å²) in [6.45, 7) is 12.7. The average Bonchev–Trinajstić information content (AvgIpc) is 3.36. The Morgan fingerprint density at radius 2 is 1.90 bits per heavy atom. The number of nitrogens with zero attached hydrogens (tertiary/aromatic N) is 1. The van der Waals surface area contributed by atoms with Gasteiger partial charge in [0, 0.05) is 48.0 Å². The first-order chi connectivity index (χ1) is 19.0. The van der Waals surface area contributed by atoms with E-state index in [0.717, 1.165) is 49.0 Å². The van der Waals surface area contributed by atoms with Crippen LogP contribution in [0.1, 0.15) is 61.8 Å². The van der Waals surface area contributed by atoms with Crippen molar-refractivity contribution in [3.63, 3.8) is 0 Å². The fourth-order valence-electron chi connectivity index (χ4n) is 5.65. The van der Waals surface area contributed by atoms with Crippen molar-refractivity contribution in [2.75, 3.05) is 19.6 Å². The van der Waals surface area contributed by atoms with E-state index in [4.69, 9.17) is 16.6 Å². The fraction of sp³-hybridized carbons (Fsp3) is 0.324. The zero-order valence-electron chi connectivity index (χ0n) is 23.3. The lowest BCUT2D eigenvalue weighted by Crippen LogP contribution is -2.24. The molecule has 3 aromatic rings. The maximum atomic E-state index is 12.4. The lowest BCUT2D eigenvalue weighted by molar-refractivity contribution is 0.704. The SMILES string of the molecule is C=C(CNCC1=C(c2ccc3[nH]ccc3c2)C[C@@H](c2c(CC)cccc2CC)CN=C1CC)/C(Cl)=C\C=C\F. The molecule has 0 spiro atoms. The number of aliphatic imine (C=N–C) groups is 1. The Morgan fingerprint density at radius 3 is 2.59 bits per heavy atom. The van der Waals surface area contributed by atoms with Crippen LogP contribution in [0.15, 0.2) is 94.9 Å². The van der Waals surface area contributed by atoms with E-state index < -0.39 is 0 Å². The van der Waals surface area contributed by atoms with Crippen molar-refractivity contribution in [1.82, 2.24) is 10.3 Å². The van der Waals surface area contributed by atoms with Crippen molar-refractivity contribution < 1.29 is 4.39 Å². The second-order valence-corrected chi connectivity index (χ2v) is 10.4. The topological polar surface area (TPSA) is 40.2 Å². The molecule has 0 radical (unpaired) electrons. The van der Waals surface area contributed by atoms with Crippen LogP contribution < -0.4 is 5.32 Å². The molecular weight excluding hydrogens is 505 g/mol. The van der Waals surface area contributed by atoms with E-state index in [9.17, 15) is 4.39 Å². The summed E-state index contributed by atoms with van der Waals surface area (Å²) in [4.78, 5) is 8.56. The molecule has 2 heterocycles. The van der Waals surface area contributed by atoms with Gasteiger partial charge in [0.2, 0.25) is 0 Å². The number of rotatable bonds is 11. The Labute approximate surface area is 237 Å². The molecule has 0 amide bonds. The van der Waals surface area contributed by atoms with Crippen LogP contribution in [0.4, 0.5) is 4.39 Å². The van der Waals surface area contributed by atoms with Gasteiger partial charge in [-0.15, -0.1) is 0 Å². The molecular formula is C34H39ClFN3. The predicted molar refractivity (Wildman–Crippen MR) is 167 cm³/mol. The van der Waals surface area contributed by atoms with Crippen LogP contribution in [0.3, 0.4) is 0 Å². The summed E-state index contributed by atoms with van der Waals surface area (Å²) in [7, 11) is 0. The predicted octanol–water partition coefficient (Wildman–Crippen LogP) is 8.84. The van der Waals surface area contributed by atoms with Gasteiger partial charge in [0.25, 0.3) is 0 Å². The van der Waals surface area contributed by atoms with Gasteiger partial charge in [-0.3, -0.25) is 4.99 Å². The Balaban J connectivity index is 1.76. The van der Waals surface area contributed by atoms with E-state index in [1.54, 1.807) is 0 Å². The van der Waals surface area contributed by atoms with Gasteiger partial charge in [-0.25, -0.2) is 4.39 Å². The van der Waals surface area contributed by atoms with E-state index in [1.807, 2.05) is 6.20 Å². The Kier molecular flexibility index (Phi) is 10.1. The van der Waals surface area contributed by atoms with Gasteiger partial charge >= 0.3 is 0 Å². The third-order valence-electron chi connectivity index (χ3n) is 7.65. The number of aromatic nitrogens is 1. The van der Waals surface area contributed by atoms with Gasteiger partial charge in [0.15, 0.2) is 0 Å². The lowest BCUT2D eigenvalue weighted by atomic mass is 9.81. The molecule has 3 nitrogen and oxygen atoms in total. The smallest absolute Gasteiger partial charge is 0.0867 e. The number of aryl methyl sites for hydroxylation is 2. The largest absolute Gasteiger partial charge is 0.361 e. The highest BCUT2D eigenvalue weighted by molar-refractivity contribution is 6.32. The molecule has 1 aliphatic heterocycles. The number of halogens is 2. The number of hydrogen-bond donors (Lipinski definition) is 2. The highest BCUT2D eigenvalue weighted by atomic mass is 35.5. The number of hydrogen-bond acceptors (Lipinski definition) is 2. The van der Waals surface area contributed by atoms with Crippen molar-refractivity contribution in [2.24, 2.45) is 4.99 Å². The van der Waals surface area contributed by atoms with Gasteiger partial charge in [0.05, 0.1) is 6.33 Å². The minimum Gasteiger partial charge on any atom is -0.361 e. The van der Waals surface area contributed by atoms with Crippen LogP contribution in [-0.2, 0) is 12.8 Å². The zero-order chi connectivity index (χ0) is 27.8. The molecule has 0 saturated carbocycles. The van der Waals surface area contributed by atoms with Crippen molar-refractivity contribution in [3.8, 4) is 0 Å². The van der Waals surface area contributed by atoms with Crippen LogP contribution in [0, 0.1) is 0 Å². The number of nitrogens with one attached hydrogen (secondary N) is 2. The molecule has 4 rings (SSSR count). The summed E-state index contributed by atoms with van der Waals surface area (Å²) >= 11 is 6.29. The molecule has 0 saturated heterocycles. The summed E-state index contributed by atoms with van der Waals surface area (Å²) in [6, 6.07) is 15.6. The van der Waals surface area contributed by atoms with Crippen molar-refractivity contribution in [1.29, 1.82) is 0 Å². The summed E-state index contributed by atoms with van der Waals surface area (Å²) in [6.07, 6.45) is 9.07. The van der Waals surface area contributed by atoms with Crippen LogP contribution in [0.2, 0.25) is 0 Å². The second-order valence-electron chi connectivity index (χ2n) is 10.0. The molecule has 0 unspecified atom stereocenters. The number of benzene rings is 2. The van der Waals surface area contributed by atoms with Gasteiger partial charge < -0.3 is 10.3 Å². The fourth-order valence-corrected chi connectivity index (χ4v) is 5.79. The zero-order valence-corrected chi connectivity index (χ0v) is 24.0. The molecule has 39 heavy (non-hydrogen) atoms. The van der Waals surface area contributed by atoms with Gasteiger partial charge in [0.1, 0.15) is 0 Å². The summed E-state index contributed by atoms with van der Waals surface area (Å²) in [5, 5.41) is 5.20. The number of fused-ring (bicyclic) bond motifs is 1. The van der Waals surface area contributed by atoms with Gasteiger partial charge in [-0.2, -0.15) is 0 Å². The Morgan fingerprint density at radius 1 is 1.13 bits per heavy atom. The van der Waals surface area contributed by atoms with E-state index in [-0.39, 0.29) is 0 Å². The third kappa shape index (κ3) is 6.69. The van der Waals surface area contributed by atoms with Crippen molar-refractivity contribution >= 4 is 33.8 Å². The number of allylic oxidation sites excluding steroid dienone is 3. The minimum absolute atomic E-state index is 0.312. The number of H-pyrrole nitrogens is 1. The first-order valence-electron chi connectivity index (χ1n) is 14.0. The molecule has 0 aliphatic carbocycles. The van der Waals surface area contributed by atoms with Crippen LogP contribution in [0.5, 0.6) is 0 Å². The molecule has 1 atom stereocenters. The summed E-state index contributed by atoms with van der Waals surface area (Å²) < 4.78 is 12.4. The van der Waals surface area contributed by atoms with Crippen molar-refractivity contribution in [3.05, 3.63) is 112 Å². The monoisotopic (exact) mass is 543 g/mol. The molecule has 0 bridgehead atoms. The van der Waals surface area contributed by atoms with Crippen LogP contribution in [0.25, 0.3) is 16.5 Å². The Hall–Kier alpha value is -3.21. The third-order valence-corrected chi connectivity index (χ3v) is 8.05. The van der Waals surface area contributed by atoms with Gasteiger partial charge in [-0.05, 0) is 100 Å². The lowest BCUT2D eigenvalue weighted by Gasteiger charge is -2.23. The first-order valence-corrected chi connectivity index (χ1v) is 14.3. The second kappa shape index (κ2) is 13.7. The van der Waals surface area contributed by atoms with Crippen LogP contribution in [-0.4, -0.2) is 30.3 Å². The molecule has 1 aromatic heterocycles. The number of aromatic amines is 1. The standard InChI is InChI=1S/C34H39ClFN3/c1-5-24-10-8-11-25(6-2)34(24)28-19-29(26-13-14-33-27(18-26)15-17-38-33)30(32(7-3)39-21-28)22-37-20-23(4)31(35)12-9-16-36/h8-18,28,37-38H,4-7,19-22H2,1-3H3/b16-9+,31-12+/t28-/m1/s1. The maximum Gasteiger partial charge on any atom is 0.0867 e. The van der Waals surface area contributed by atoms with E-state index in [2.05, 4.69) is 80.1 Å². The van der Waals surface area contributed by atoms with E-state index in [0.29, 0.717) is 30.4 Å². The highest BCUT2D eigenvalue weighted by Crippen LogP contribution is 2.38. The molecule has 2 N–H and O–H groups in total. The maximum absolute atomic E-state index is 12.4. The molecule has 2 aromatic carbocycles. The minimum atomic E-state index is 0.312. The Bertz CT molecular complexity index is 1420.